The molecule has 0 heterocycles. The summed E-state index contributed by atoms with van der Waals surface area (Å²) in [5.74, 6) is 0.521. The van der Waals surface area contributed by atoms with E-state index in [0.717, 1.165) is 31.2 Å². The van der Waals surface area contributed by atoms with E-state index < -0.39 is 5.54 Å². The van der Waals surface area contributed by atoms with Crippen molar-refractivity contribution in [1.82, 2.24) is 5.32 Å². The summed E-state index contributed by atoms with van der Waals surface area (Å²) in [6.07, 6.45) is 3.73. The summed E-state index contributed by atoms with van der Waals surface area (Å²) in [4.78, 5) is 12.5. The first-order valence-electron chi connectivity index (χ1n) is 7.16. The summed E-state index contributed by atoms with van der Waals surface area (Å²) in [7, 11) is 0. The number of hydrogen-bond acceptors (Lipinski definition) is 2. The summed E-state index contributed by atoms with van der Waals surface area (Å²) in [5, 5.41) is 13.3. The Balaban J connectivity index is 2.15. The van der Waals surface area contributed by atoms with Crippen molar-refractivity contribution < 1.29 is 9.90 Å². The van der Waals surface area contributed by atoms with E-state index >= 15 is 0 Å². The summed E-state index contributed by atoms with van der Waals surface area (Å²) in [6, 6.07) is 5.32. The van der Waals surface area contributed by atoms with E-state index in [1.165, 1.54) is 0 Å². The number of nitrogens with one attached hydrogen (secondary N) is 1. The number of aliphatic hydroxyl groups is 1. The van der Waals surface area contributed by atoms with Crippen LogP contribution in [-0.2, 0) is 0 Å². The number of aliphatic hydroxyl groups excluding tert-OH is 1. The highest BCUT2D eigenvalue weighted by Crippen LogP contribution is 2.32. The van der Waals surface area contributed by atoms with Gasteiger partial charge in [-0.05, 0) is 56.2 Å². The van der Waals surface area contributed by atoms with Crippen molar-refractivity contribution in [1.29, 1.82) is 0 Å². The van der Waals surface area contributed by atoms with Crippen LogP contribution in [0, 0.1) is 12.8 Å². The number of carbonyl (C=O) groups is 1. The number of amides is 1. The lowest BCUT2D eigenvalue weighted by Gasteiger charge is -2.38. The maximum absolute atomic E-state index is 12.5. The van der Waals surface area contributed by atoms with Crippen LogP contribution in [0.3, 0.4) is 0 Å². The van der Waals surface area contributed by atoms with E-state index in [1.807, 2.05) is 6.92 Å². The molecule has 1 fully saturated rings. The minimum absolute atomic E-state index is 0.00886. The second-order valence-electron chi connectivity index (χ2n) is 5.99. The van der Waals surface area contributed by atoms with Crippen LogP contribution in [0.4, 0.5) is 0 Å². The Morgan fingerprint density at radius 1 is 1.45 bits per heavy atom. The Kier molecular flexibility index (Phi) is 4.71. The number of carbonyl (C=O) groups excluding carboxylic acids is 1. The van der Waals surface area contributed by atoms with Gasteiger partial charge in [-0.1, -0.05) is 24.6 Å². The van der Waals surface area contributed by atoms with Crippen molar-refractivity contribution in [3.8, 4) is 0 Å². The van der Waals surface area contributed by atoms with E-state index in [9.17, 15) is 9.90 Å². The quantitative estimate of drug-likeness (QED) is 0.899. The molecular formula is C16H22ClNO2. The van der Waals surface area contributed by atoms with Crippen molar-refractivity contribution in [3.05, 3.63) is 34.3 Å². The lowest BCUT2D eigenvalue weighted by Crippen LogP contribution is -2.53. The zero-order chi connectivity index (χ0) is 14.8. The molecule has 0 aliphatic heterocycles. The highest BCUT2D eigenvalue weighted by atomic mass is 35.5. The predicted molar refractivity (Wildman–Crippen MR) is 81.1 cm³/mol. The van der Waals surface area contributed by atoms with Gasteiger partial charge >= 0.3 is 0 Å². The second kappa shape index (κ2) is 6.15. The van der Waals surface area contributed by atoms with Gasteiger partial charge in [-0.25, -0.2) is 0 Å². The van der Waals surface area contributed by atoms with Gasteiger partial charge in [-0.3, -0.25) is 4.79 Å². The van der Waals surface area contributed by atoms with Gasteiger partial charge in [0.25, 0.3) is 5.91 Å². The third kappa shape index (κ3) is 3.15. The van der Waals surface area contributed by atoms with E-state index in [1.54, 1.807) is 18.2 Å². The molecule has 1 amide bonds. The fourth-order valence-corrected chi connectivity index (χ4v) is 2.97. The molecule has 1 aromatic rings. The van der Waals surface area contributed by atoms with E-state index in [0.29, 0.717) is 16.5 Å². The van der Waals surface area contributed by atoms with E-state index in [2.05, 4.69) is 12.2 Å². The fourth-order valence-electron chi connectivity index (χ4n) is 2.80. The van der Waals surface area contributed by atoms with Gasteiger partial charge in [0.1, 0.15) is 0 Å². The molecular weight excluding hydrogens is 274 g/mol. The SMILES string of the molecule is Cc1c(Cl)cccc1C(=O)NC1(CO)CCC(C)CC1. The normalized spacial score (nSPS) is 26.3. The summed E-state index contributed by atoms with van der Waals surface area (Å²) in [6.45, 7) is 4.04. The maximum atomic E-state index is 12.5. The van der Waals surface area contributed by atoms with Crippen molar-refractivity contribution in [2.45, 2.75) is 45.1 Å². The highest BCUT2D eigenvalue weighted by Gasteiger charge is 2.35. The van der Waals surface area contributed by atoms with Crippen LogP contribution in [0.2, 0.25) is 5.02 Å². The molecule has 3 nitrogen and oxygen atoms in total. The molecule has 1 saturated carbocycles. The second-order valence-corrected chi connectivity index (χ2v) is 6.39. The number of rotatable bonds is 3. The molecule has 1 aliphatic carbocycles. The molecule has 2 N–H and O–H groups in total. The van der Waals surface area contributed by atoms with Gasteiger partial charge in [-0.15, -0.1) is 0 Å². The average Bonchev–Trinajstić information content (AvgIpc) is 2.44. The van der Waals surface area contributed by atoms with Crippen LogP contribution in [-0.4, -0.2) is 23.2 Å². The van der Waals surface area contributed by atoms with Gasteiger partial charge in [0, 0.05) is 10.6 Å². The largest absolute Gasteiger partial charge is 0.394 e. The van der Waals surface area contributed by atoms with Crippen molar-refractivity contribution in [2.24, 2.45) is 5.92 Å². The van der Waals surface area contributed by atoms with Crippen LogP contribution < -0.4 is 5.32 Å². The molecule has 4 heteroatoms. The Hall–Kier alpha value is -1.06. The van der Waals surface area contributed by atoms with Crippen LogP contribution >= 0.6 is 11.6 Å². The molecule has 0 unspecified atom stereocenters. The summed E-state index contributed by atoms with van der Waals surface area (Å²) >= 11 is 6.06. The standard InChI is InChI=1S/C16H22ClNO2/c1-11-6-8-16(10-19,9-7-11)18-15(20)13-4-3-5-14(17)12(13)2/h3-5,11,19H,6-10H2,1-2H3,(H,18,20). The molecule has 0 radical (unpaired) electrons. The van der Waals surface area contributed by atoms with E-state index in [-0.39, 0.29) is 12.5 Å². The number of hydrogen-bond donors (Lipinski definition) is 2. The van der Waals surface area contributed by atoms with Gasteiger partial charge < -0.3 is 10.4 Å². The van der Waals surface area contributed by atoms with Crippen LogP contribution in [0.15, 0.2) is 18.2 Å². The first kappa shape index (κ1) is 15.3. The lowest BCUT2D eigenvalue weighted by atomic mass is 9.77. The van der Waals surface area contributed by atoms with Gasteiger partial charge in [0.05, 0.1) is 12.1 Å². The van der Waals surface area contributed by atoms with Crippen molar-refractivity contribution in [3.63, 3.8) is 0 Å². The van der Waals surface area contributed by atoms with Gasteiger partial charge in [-0.2, -0.15) is 0 Å². The Bertz CT molecular complexity index is 493. The van der Waals surface area contributed by atoms with Gasteiger partial charge in [0.2, 0.25) is 0 Å². The predicted octanol–water partition coefficient (Wildman–Crippen LogP) is 3.32. The van der Waals surface area contributed by atoms with Gasteiger partial charge in [0.15, 0.2) is 0 Å². The molecule has 0 aromatic heterocycles. The highest BCUT2D eigenvalue weighted by molar-refractivity contribution is 6.31. The minimum atomic E-state index is -0.474. The maximum Gasteiger partial charge on any atom is 0.252 e. The molecule has 110 valence electrons. The van der Waals surface area contributed by atoms with E-state index in [4.69, 9.17) is 11.6 Å². The third-order valence-electron chi connectivity index (χ3n) is 4.43. The Morgan fingerprint density at radius 3 is 2.70 bits per heavy atom. The molecule has 0 saturated heterocycles. The van der Waals surface area contributed by atoms with Crippen LogP contribution in [0.5, 0.6) is 0 Å². The minimum Gasteiger partial charge on any atom is -0.394 e. The average molecular weight is 296 g/mol. The lowest BCUT2D eigenvalue weighted by molar-refractivity contribution is 0.0716. The molecule has 1 aliphatic rings. The molecule has 1 aromatic carbocycles. The summed E-state index contributed by atoms with van der Waals surface area (Å²) < 4.78 is 0. The summed E-state index contributed by atoms with van der Waals surface area (Å²) in [5.41, 5.74) is 0.895. The molecule has 0 spiro atoms. The zero-order valence-electron chi connectivity index (χ0n) is 12.1. The van der Waals surface area contributed by atoms with Crippen molar-refractivity contribution >= 4 is 17.5 Å². The molecule has 0 atom stereocenters. The van der Waals surface area contributed by atoms with Crippen LogP contribution in [0.25, 0.3) is 0 Å². The Labute approximate surface area is 125 Å². The first-order valence-corrected chi connectivity index (χ1v) is 7.54. The molecule has 2 rings (SSSR count). The Morgan fingerprint density at radius 2 is 2.10 bits per heavy atom. The third-order valence-corrected chi connectivity index (χ3v) is 4.83. The van der Waals surface area contributed by atoms with Crippen LogP contribution in [0.1, 0.15) is 48.5 Å². The molecule has 20 heavy (non-hydrogen) atoms. The smallest absolute Gasteiger partial charge is 0.252 e. The van der Waals surface area contributed by atoms with Crippen molar-refractivity contribution in [2.75, 3.05) is 6.61 Å². The first-order chi connectivity index (χ1) is 9.47. The fraction of sp³-hybridized carbons (Fsp3) is 0.562. The monoisotopic (exact) mass is 295 g/mol. The number of halogens is 1. The molecule has 0 bridgehead atoms. The zero-order valence-corrected chi connectivity index (χ0v) is 12.8. The number of benzene rings is 1. The topological polar surface area (TPSA) is 49.3 Å².